The van der Waals surface area contributed by atoms with Crippen LogP contribution >= 0.6 is 0 Å². The van der Waals surface area contributed by atoms with Crippen LogP contribution in [0.4, 0.5) is 4.39 Å². The molecule has 2 fully saturated rings. The molecule has 8 nitrogen and oxygen atoms in total. The number of hydrogen-bond acceptors (Lipinski definition) is 6. The number of nitrogens with one attached hydrogen (secondary N) is 1. The lowest BCUT2D eigenvalue weighted by atomic mass is 9.63. The van der Waals surface area contributed by atoms with Crippen molar-refractivity contribution in [1.29, 1.82) is 0 Å². The van der Waals surface area contributed by atoms with Gasteiger partial charge in [0.2, 0.25) is 5.95 Å². The highest BCUT2D eigenvalue weighted by Crippen LogP contribution is 2.48. The monoisotopic (exact) mass is 487 g/mol. The van der Waals surface area contributed by atoms with E-state index in [2.05, 4.69) is 20.2 Å². The Labute approximate surface area is 206 Å². The van der Waals surface area contributed by atoms with Gasteiger partial charge in [-0.3, -0.25) is 18.9 Å². The number of likely N-dealkylation sites (tertiary alicyclic amines) is 1. The smallest absolute Gasteiger partial charge is 0.270 e. The number of hydrogen-bond donors (Lipinski definition) is 1. The normalized spacial score (nSPS) is 16.6. The van der Waals surface area contributed by atoms with Crippen LogP contribution in [0.25, 0.3) is 16.6 Å². The molecule has 0 unspecified atom stereocenters. The van der Waals surface area contributed by atoms with Gasteiger partial charge in [-0.25, -0.2) is 9.97 Å². The van der Waals surface area contributed by atoms with E-state index < -0.39 is 11.9 Å². The molecule has 1 spiro atoms. The summed E-state index contributed by atoms with van der Waals surface area (Å²) in [7, 11) is 1.52. The quantitative estimate of drug-likeness (QED) is 0.420. The summed E-state index contributed by atoms with van der Waals surface area (Å²) >= 11 is 0. The van der Waals surface area contributed by atoms with E-state index in [-0.39, 0.29) is 17.8 Å². The van der Waals surface area contributed by atoms with E-state index in [0.717, 1.165) is 18.5 Å². The van der Waals surface area contributed by atoms with Crippen molar-refractivity contribution >= 4 is 22.5 Å². The highest BCUT2D eigenvalue weighted by molar-refractivity contribution is 5.92. The Morgan fingerprint density at radius 2 is 1.94 bits per heavy atom. The minimum absolute atomic E-state index is 0.0377. The van der Waals surface area contributed by atoms with Crippen LogP contribution in [0.1, 0.15) is 40.9 Å². The van der Waals surface area contributed by atoms with Gasteiger partial charge in [-0.15, -0.1) is 0 Å². The number of ether oxygens (including phenoxy) is 1. The summed E-state index contributed by atoms with van der Waals surface area (Å²) in [6.45, 7) is 2.74. The van der Waals surface area contributed by atoms with Crippen molar-refractivity contribution in [3.05, 3.63) is 81.8 Å². The number of fused-ring (bicyclic) bond motifs is 2. The van der Waals surface area contributed by atoms with Crippen LogP contribution in [0, 0.1) is 11.4 Å². The minimum atomic E-state index is -0.471. The zero-order valence-electron chi connectivity index (χ0n) is 20.0. The molecule has 3 aromatic heterocycles. The van der Waals surface area contributed by atoms with Gasteiger partial charge >= 0.3 is 0 Å². The van der Waals surface area contributed by atoms with Crippen LogP contribution in [0.5, 0.6) is 5.75 Å². The van der Waals surface area contributed by atoms with Gasteiger partial charge in [-0.2, -0.15) is 4.39 Å². The second-order valence-corrected chi connectivity index (χ2v) is 9.88. The third-order valence-corrected chi connectivity index (χ3v) is 7.41. The molecule has 1 aliphatic heterocycles. The first-order valence-corrected chi connectivity index (χ1v) is 12.1. The number of amides is 1. The molecular weight excluding hydrogens is 461 g/mol. The molecule has 4 heterocycles. The van der Waals surface area contributed by atoms with Crippen molar-refractivity contribution in [3.8, 4) is 5.75 Å². The Hall–Kier alpha value is -3.85. The standard InChI is InChI=1S/C27H26FN5O3/c1-36-22-11-20-17(10-19(25(28)31-20)14-32-15-27(16-32)6-4-7-27)9-18(22)13-29-26(35)21-12-24(34)33-8-3-2-5-23(33)30-21/h2-3,5,8-12H,4,6-7,13-16H2,1H3,(H,29,35). The molecule has 0 bridgehead atoms. The summed E-state index contributed by atoms with van der Waals surface area (Å²) in [5.74, 6) is -0.446. The number of methoxy groups -OCH3 is 1. The first-order valence-electron chi connectivity index (χ1n) is 12.1. The molecular formula is C27H26FN5O3. The molecule has 0 radical (unpaired) electrons. The van der Waals surface area contributed by atoms with Gasteiger partial charge in [0.1, 0.15) is 17.1 Å². The summed E-state index contributed by atoms with van der Waals surface area (Å²) in [5.41, 5.74) is 2.35. The summed E-state index contributed by atoms with van der Waals surface area (Å²) in [6, 6.07) is 11.7. The number of benzene rings is 1. The number of rotatable bonds is 6. The fourth-order valence-electron chi connectivity index (χ4n) is 5.39. The molecule has 1 aromatic carbocycles. The third-order valence-electron chi connectivity index (χ3n) is 7.41. The lowest BCUT2D eigenvalue weighted by Crippen LogP contribution is -2.59. The Morgan fingerprint density at radius 3 is 2.69 bits per heavy atom. The molecule has 9 heteroatoms. The molecule has 1 amide bonds. The Balaban J connectivity index is 1.22. The van der Waals surface area contributed by atoms with E-state index >= 15 is 0 Å². The molecule has 6 rings (SSSR count). The van der Waals surface area contributed by atoms with Gasteiger partial charge in [0.15, 0.2) is 0 Å². The van der Waals surface area contributed by atoms with Gasteiger partial charge in [0.05, 0.1) is 12.6 Å². The zero-order chi connectivity index (χ0) is 24.9. The van der Waals surface area contributed by atoms with Crippen LogP contribution in [0.2, 0.25) is 0 Å². The van der Waals surface area contributed by atoms with E-state index in [1.54, 1.807) is 30.5 Å². The molecule has 1 saturated carbocycles. The Kier molecular flexibility index (Phi) is 5.44. The maximum atomic E-state index is 14.8. The molecule has 184 valence electrons. The number of pyridine rings is 2. The van der Waals surface area contributed by atoms with Crippen LogP contribution in [0.15, 0.2) is 53.5 Å². The third kappa shape index (κ3) is 3.99. The lowest BCUT2D eigenvalue weighted by Gasteiger charge is -2.56. The minimum Gasteiger partial charge on any atom is -0.496 e. The number of carbonyl (C=O) groups is 1. The highest BCUT2D eigenvalue weighted by atomic mass is 19.1. The highest BCUT2D eigenvalue weighted by Gasteiger charge is 2.46. The van der Waals surface area contributed by atoms with Crippen LogP contribution in [0.3, 0.4) is 0 Å². The summed E-state index contributed by atoms with van der Waals surface area (Å²) in [5, 5.41) is 3.59. The number of halogens is 1. The van der Waals surface area contributed by atoms with Gasteiger partial charge in [0.25, 0.3) is 11.5 Å². The largest absolute Gasteiger partial charge is 0.496 e. The van der Waals surface area contributed by atoms with Crippen molar-refractivity contribution in [3.63, 3.8) is 0 Å². The predicted octanol–water partition coefficient (Wildman–Crippen LogP) is 3.31. The summed E-state index contributed by atoms with van der Waals surface area (Å²) < 4.78 is 21.6. The second kappa shape index (κ2) is 8.67. The van der Waals surface area contributed by atoms with Crippen molar-refractivity contribution in [2.45, 2.75) is 32.4 Å². The van der Waals surface area contributed by atoms with Crippen molar-refractivity contribution in [2.75, 3.05) is 20.2 Å². The van der Waals surface area contributed by atoms with Crippen molar-refractivity contribution in [1.82, 2.24) is 24.6 Å². The molecule has 1 N–H and O–H groups in total. The average molecular weight is 488 g/mol. The second-order valence-electron chi connectivity index (χ2n) is 9.88. The van der Waals surface area contributed by atoms with Gasteiger partial charge in [-0.1, -0.05) is 12.5 Å². The lowest BCUT2D eigenvalue weighted by molar-refractivity contribution is -0.0649. The number of aromatic nitrogens is 3. The first kappa shape index (κ1) is 22.6. The maximum absolute atomic E-state index is 14.8. The number of nitrogens with zero attached hydrogens (tertiary/aromatic N) is 4. The number of carbonyl (C=O) groups excluding carboxylic acids is 1. The first-order chi connectivity index (χ1) is 17.4. The average Bonchev–Trinajstić information content (AvgIpc) is 2.83. The van der Waals surface area contributed by atoms with E-state index in [1.165, 1.54) is 36.8 Å². The fraction of sp³-hybridized carbons (Fsp3) is 0.333. The fourth-order valence-corrected chi connectivity index (χ4v) is 5.39. The SMILES string of the molecule is COc1cc2nc(F)c(CN3CC4(CCC4)C3)cc2cc1CNC(=O)c1cc(=O)n2ccccc2n1. The molecule has 4 aromatic rings. The van der Waals surface area contributed by atoms with Gasteiger partial charge in [-0.05, 0) is 42.5 Å². The van der Waals surface area contributed by atoms with Crippen molar-refractivity contribution in [2.24, 2.45) is 5.41 Å². The van der Waals surface area contributed by atoms with Crippen LogP contribution in [-0.4, -0.2) is 45.4 Å². The molecule has 36 heavy (non-hydrogen) atoms. The topological polar surface area (TPSA) is 88.8 Å². The van der Waals surface area contributed by atoms with E-state index in [1.807, 2.05) is 12.1 Å². The molecule has 2 aliphatic rings. The molecule has 0 atom stereocenters. The zero-order valence-corrected chi connectivity index (χ0v) is 20.0. The Bertz CT molecular complexity index is 1550. The Morgan fingerprint density at radius 1 is 1.14 bits per heavy atom. The molecule has 1 saturated heterocycles. The predicted molar refractivity (Wildman–Crippen MR) is 132 cm³/mol. The van der Waals surface area contributed by atoms with Crippen molar-refractivity contribution < 1.29 is 13.9 Å². The summed E-state index contributed by atoms with van der Waals surface area (Å²) in [4.78, 5) is 35.9. The summed E-state index contributed by atoms with van der Waals surface area (Å²) in [6.07, 6.45) is 5.46. The van der Waals surface area contributed by atoms with Gasteiger partial charge < -0.3 is 10.1 Å². The molecule has 1 aliphatic carbocycles. The maximum Gasteiger partial charge on any atom is 0.270 e. The van der Waals surface area contributed by atoms with Crippen LogP contribution in [-0.2, 0) is 13.1 Å². The van der Waals surface area contributed by atoms with Gasteiger partial charge in [0, 0.05) is 61.0 Å². The van der Waals surface area contributed by atoms with E-state index in [4.69, 9.17) is 4.74 Å². The van der Waals surface area contributed by atoms with E-state index in [9.17, 15) is 14.0 Å². The van der Waals surface area contributed by atoms with Crippen LogP contribution < -0.4 is 15.6 Å². The van der Waals surface area contributed by atoms with E-state index in [0.29, 0.717) is 40.0 Å².